The van der Waals surface area contributed by atoms with Crippen LogP contribution in [-0.2, 0) is 4.79 Å². The Kier molecular flexibility index (Phi) is 5.00. The van der Waals surface area contributed by atoms with E-state index in [-0.39, 0.29) is 16.8 Å². The molecule has 0 aliphatic heterocycles. The van der Waals surface area contributed by atoms with Crippen LogP contribution >= 0.6 is 11.8 Å². The van der Waals surface area contributed by atoms with Crippen molar-refractivity contribution >= 4 is 34.7 Å². The first-order valence-corrected chi connectivity index (χ1v) is 7.41. The molecular weight excluding hydrogens is 302 g/mol. The SMILES string of the molecule is C[C@H](Sc1ccc(N)cc1)C(=O)Nc1ccc([N+](=O)[O-])cc1. The summed E-state index contributed by atoms with van der Waals surface area (Å²) in [6.07, 6.45) is 0. The molecule has 114 valence electrons. The number of nitrogens with zero attached hydrogens (tertiary/aromatic N) is 1. The van der Waals surface area contributed by atoms with Gasteiger partial charge < -0.3 is 11.1 Å². The van der Waals surface area contributed by atoms with Crippen molar-refractivity contribution in [2.75, 3.05) is 11.1 Å². The van der Waals surface area contributed by atoms with Crippen molar-refractivity contribution in [3.8, 4) is 0 Å². The third-order valence-corrected chi connectivity index (χ3v) is 4.02. The van der Waals surface area contributed by atoms with E-state index in [1.165, 1.54) is 36.0 Å². The lowest BCUT2D eigenvalue weighted by molar-refractivity contribution is -0.384. The summed E-state index contributed by atoms with van der Waals surface area (Å²) in [4.78, 5) is 23.2. The summed E-state index contributed by atoms with van der Waals surface area (Å²) in [6, 6.07) is 13.0. The van der Waals surface area contributed by atoms with E-state index in [0.717, 1.165) is 4.90 Å². The molecule has 0 spiro atoms. The molecule has 0 fully saturated rings. The molecule has 0 aromatic heterocycles. The number of nitro groups is 1. The van der Waals surface area contributed by atoms with Gasteiger partial charge in [0.15, 0.2) is 0 Å². The predicted molar refractivity (Wildman–Crippen MR) is 87.9 cm³/mol. The standard InChI is InChI=1S/C15H15N3O3S/c1-10(22-14-8-2-11(16)3-9-14)15(19)17-12-4-6-13(7-5-12)18(20)21/h2-10H,16H2,1H3,(H,17,19)/t10-/m0/s1. The van der Waals surface area contributed by atoms with E-state index in [1.807, 2.05) is 12.1 Å². The van der Waals surface area contributed by atoms with Gasteiger partial charge in [0.2, 0.25) is 5.91 Å². The van der Waals surface area contributed by atoms with Crippen LogP contribution in [0.3, 0.4) is 0 Å². The van der Waals surface area contributed by atoms with Crippen molar-refractivity contribution < 1.29 is 9.72 Å². The number of hydrogen-bond acceptors (Lipinski definition) is 5. The Balaban J connectivity index is 1.95. The van der Waals surface area contributed by atoms with Gasteiger partial charge >= 0.3 is 0 Å². The van der Waals surface area contributed by atoms with Gasteiger partial charge in [-0.3, -0.25) is 14.9 Å². The number of nitro benzene ring substituents is 1. The third-order valence-electron chi connectivity index (χ3n) is 2.91. The number of benzene rings is 2. The van der Waals surface area contributed by atoms with Crippen LogP contribution in [0.4, 0.5) is 17.1 Å². The van der Waals surface area contributed by atoms with Crippen LogP contribution < -0.4 is 11.1 Å². The van der Waals surface area contributed by atoms with E-state index in [9.17, 15) is 14.9 Å². The number of amides is 1. The molecule has 0 unspecified atom stereocenters. The second-order valence-electron chi connectivity index (χ2n) is 4.62. The maximum absolute atomic E-state index is 12.1. The van der Waals surface area contributed by atoms with Crippen LogP contribution in [0.1, 0.15) is 6.92 Å². The lowest BCUT2D eigenvalue weighted by Gasteiger charge is -2.12. The van der Waals surface area contributed by atoms with Crippen molar-refractivity contribution in [2.24, 2.45) is 0 Å². The Labute approximate surface area is 131 Å². The molecule has 2 aromatic carbocycles. The number of nitrogens with two attached hydrogens (primary N) is 1. The van der Waals surface area contributed by atoms with Crippen LogP contribution in [0.25, 0.3) is 0 Å². The molecule has 3 N–H and O–H groups in total. The van der Waals surface area contributed by atoms with Gasteiger partial charge in [-0.1, -0.05) is 0 Å². The lowest BCUT2D eigenvalue weighted by atomic mass is 10.3. The number of hydrogen-bond donors (Lipinski definition) is 2. The summed E-state index contributed by atoms with van der Waals surface area (Å²) in [5, 5.41) is 13.0. The predicted octanol–water partition coefficient (Wildman–Crippen LogP) is 3.30. The normalized spacial score (nSPS) is 11.7. The number of rotatable bonds is 5. The van der Waals surface area contributed by atoms with Gasteiger partial charge in [0.25, 0.3) is 5.69 Å². The van der Waals surface area contributed by atoms with Crippen molar-refractivity contribution in [3.05, 3.63) is 58.6 Å². The molecule has 0 heterocycles. The van der Waals surface area contributed by atoms with Crippen molar-refractivity contribution in [1.82, 2.24) is 0 Å². The van der Waals surface area contributed by atoms with Gasteiger partial charge in [0.05, 0.1) is 10.2 Å². The summed E-state index contributed by atoms with van der Waals surface area (Å²) < 4.78 is 0. The summed E-state index contributed by atoms with van der Waals surface area (Å²) in [6.45, 7) is 1.79. The van der Waals surface area contributed by atoms with Gasteiger partial charge in [-0.2, -0.15) is 0 Å². The van der Waals surface area contributed by atoms with Crippen LogP contribution in [-0.4, -0.2) is 16.1 Å². The molecule has 1 amide bonds. The summed E-state index contributed by atoms with van der Waals surface area (Å²) >= 11 is 1.41. The lowest BCUT2D eigenvalue weighted by Crippen LogP contribution is -2.22. The molecule has 0 radical (unpaired) electrons. The largest absolute Gasteiger partial charge is 0.399 e. The van der Waals surface area contributed by atoms with Gasteiger partial charge in [-0.25, -0.2) is 0 Å². The number of anilines is 2. The first kappa shape index (κ1) is 15.8. The molecule has 6 nitrogen and oxygen atoms in total. The number of carbonyl (C=O) groups is 1. The Bertz CT molecular complexity index is 671. The number of nitrogen functional groups attached to an aromatic ring is 1. The Morgan fingerprint density at radius 3 is 2.32 bits per heavy atom. The summed E-state index contributed by atoms with van der Waals surface area (Å²) in [5.74, 6) is -0.171. The van der Waals surface area contributed by atoms with E-state index in [2.05, 4.69) is 5.32 Å². The maximum Gasteiger partial charge on any atom is 0.269 e. The smallest absolute Gasteiger partial charge is 0.269 e. The average molecular weight is 317 g/mol. The minimum Gasteiger partial charge on any atom is -0.399 e. The van der Waals surface area contributed by atoms with Crippen molar-refractivity contribution in [3.63, 3.8) is 0 Å². The maximum atomic E-state index is 12.1. The molecule has 0 saturated heterocycles. The monoisotopic (exact) mass is 317 g/mol. The van der Waals surface area contributed by atoms with Crippen LogP contribution in [0.15, 0.2) is 53.4 Å². The third kappa shape index (κ3) is 4.23. The Morgan fingerprint density at radius 1 is 1.18 bits per heavy atom. The van der Waals surface area contributed by atoms with Crippen LogP contribution in [0, 0.1) is 10.1 Å². The summed E-state index contributed by atoms with van der Waals surface area (Å²) in [5.41, 5.74) is 6.81. The van der Waals surface area contributed by atoms with Crippen molar-refractivity contribution in [2.45, 2.75) is 17.1 Å². The molecule has 1 atom stereocenters. The molecular formula is C15H15N3O3S. The van der Waals surface area contributed by atoms with E-state index >= 15 is 0 Å². The number of thioether (sulfide) groups is 1. The molecule has 2 aromatic rings. The highest BCUT2D eigenvalue weighted by molar-refractivity contribution is 8.00. The number of nitrogens with one attached hydrogen (secondary N) is 1. The fourth-order valence-electron chi connectivity index (χ4n) is 1.71. The zero-order valence-electron chi connectivity index (χ0n) is 11.9. The number of non-ortho nitro benzene ring substituents is 1. The zero-order chi connectivity index (χ0) is 16.1. The van der Waals surface area contributed by atoms with Gasteiger partial charge in [-0.05, 0) is 43.3 Å². The first-order valence-electron chi connectivity index (χ1n) is 6.53. The molecule has 0 bridgehead atoms. The van der Waals surface area contributed by atoms with E-state index in [1.54, 1.807) is 19.1 Å². The topological polar surface area (TPSA) is 98.3 Å². The molecule has 2 rings (SSSR count). The molecule has 0 aliphatic carbocycles. The van der Waals surface area contributed by atoms with Gasteiger partial charge in [0, 0.05) is 28.4 Å². The Hall–Kier alpha value is -2.54. The molecule has 0 saturated carbocycles. The molecule has 0 aliphatic rings. The molecule has 7 heteroatoms. The van der Waals surface area contributed by atoms with Gasteiger partial charge in [0.1, 0.15) is 0 Å². The fraction of sp³-hybridized carbons (Fsp3) is 0.133. The quantitative estimate of drug-likeness (QED) is 0.381. The second kappa shape index (κ2) is 6.95. The first-order chi connectivity index (χ1) is 10.5. The molecule has 22 heavy (non-hydrogen) atoms. The fourth-order valence-corrected chi connectivity index (χ4v) is 2.58. The zero-order valence-corrected chi connectivity index (χ0v) is 12.7. The summed E-state index contributed by atoms with van der Waals surface area (Å²) in [7, 11) is 0. The van der Waals surface area contributed by atoms with E-state index in [4.69, 9.17) is 5.73 Å². The Morgan fingerprint density at radius 2 is 1.77 bits per heavy atom. The highest BCUT2D eigenvalue weighted by Crippen LogP contribution is 2.25. The van der Waals surface area contributed by atoms with E-state index < -0.39 is 4.92 Å². The van der Waals surface area contributed by atoms with E-state index in [0.29, 0.717) is 11.4 Å². The minimum atomic E-state index is -0.481. The minimum absolute atomic E-state index is 0.0118. The highest BCUT2D eigenvalue weighted by Gasteiger charge is 2.15. The van der Waals surface area contributed by atoms with Crippen molar-refractivity contribution in [1.29, 1.82) is 0 Å². The average Bonchev–Trinajstić information content (AvgIpc) is 2.50. The van der Waals surface area contributed by atoms with Gasteiger partial charge in [-0.15, -0.1) is 11.8 Å². The van der Waals surface area contributed by atoms with Crippen LogP contribution in [0.5, 0.6) is 0 Å². The highest BCUT2D eigenvalue weighted by atomic mass is 32.2. The van der Waals surface area contributed by atoms with Crippen LogP contribution in [0.2, 0.25) is 0 Å². The number of carbonyl (C=O) groups excluding carboxylic acids is 1. The second-order valence-corrected chi connectivity index (χ2v) is 6.04.